The first kappa shape index (κ1) is 26.2. The van der Waals surface area contributed by atoms with E-state index in [0.717, 1.165) is 37.7 Å². The number of fused-ring (bicyclic) bond motifs is 4. The summed E-state index contributed by atoms with van der Waals surface area (Å²) in [5.41, 5.74) is 1.47. The van der Waals surface area contributed by atoms with Crippen LogP contribution in [0.2, 0.25) is 0 Å². The lowest BCUT2D eigenvalue weighted by atomic mass is 9.94. The van der Waals surface area contributed by atoms with Crippen LogP contribution in [-0.2, 0) is 11.2 Å². The molecule has 218 valence electrons. The SMILES string of the molecule is Fc1ccc2cccc3c2c1CCOC1CNCCN(C1)c1nc(OCC24CCCNCC2C4)nc2c(F)c-3ncc12. The number of benzene rings is 2. The van der Waals surface area contributed by atoms with Crippen molar-refractivity contribution < 1.29 is 18.3 Å². The van der Waals surface area contributed by atoms with Gasteiger partial charge in [-0.2, -0.15) is 9.97 Å². The van der Waals surface area contributed by atoms with Gasteiger partial charge < -0.3 is 25.0 Å². The number of rotatable bonds is 3. The Labute approximate surface area is 242 Å². The summed E-state index contributed by atoms with van der Waals surface area (Å²) in [4.78, 5) is 16.3. The summed E-state index contributed by atoms with van der Waals surface area (Å²) in [6.45, 7) is 5.46. The molecule has 4 aromatic rings. The van der Waals surface area contributed by atoms with Crippen LogP contribution in [0.4, 0.5) is 14.6 Å². The van der Waals surface area contributed by atoms with Crippen LogP contribution in [0.25, 0.3) is 32.9 Å². The summed E-state index contributed by atoms with van der Waals surface area (Å²) in [6.07, 6.45) is 5.19. The van der Waals surface area contributed by atoms with Crippen LogP contribution in [-0.4, -0.2) is 73.5 Å². The number of pyridine rings is 1. The lowest BCUT2D eigenvalue weighted by Gasteiger charge is -2.27. The second kappa shape index (κ2) is 10.4. The van der Waals surface area contributed by atoms with Gasteiger partial charge in [0.15, 0.2) is 5.82 Å². The van der Waals surface area contributed by atoms with Crippen LogP contribution in [0.5, 0.6) is 6.01 Å². The number of halogens is 2. The summed E-state index contributed by atoms with van der Waals surface area (Å²) in [6, 6.07) is 8.95. The van der Waals surface area contributed by atoms with Gasteiger partial charge >= 0.3 is 6.01 Å². The summed E-state index contributed by atoms with van der Waals surface area (Å²) < 4.78 is 44.7. The van der Waals surface area contributed by atoms with Crippen molar-refractivity contribution in [3.05, 3.63) is 53.7 Å². The molecule has 3 fully saturated rings. The average Bonchev–Trinajstić information content (AvgIpc) is 3.76. The van der Waals surface area contributed by atoms with Crippen molar-refractivity contribution in [1.82, 2.24) is 25.6 Å². The number of nitrogens with zero attached hydrogens (tertiary/aromatic N) is 4. The number of anilines is 1. The molecule has 0 amide bonds. The van der Waals surface area contributed by atoms with Gasteiger partial charge in [-0.25, -0.2) is 8.78 Å². The van der Waals surface area contributed by atoms with Crippen LogP contribution >= 0.6 is 0 Å². The minimum absolute atomic E-state index is 0.135. The van der Waals surface area contributed by atoms with Crippen molar-refractivity contribution in [3.63, 3.8) is 0 Å². The highest BCUT2D eigenvalue weighted by molar-refractivity contribution is 6.00. The third kappa shape index (κ3) is 4.47. The van der Waals surface area contributed by atoms with Gasteiger partial charge in [-0.05, 0) is 67.1 Å². The molecule has 0 spiro atoms. The molecular weight excluding hydrogens is 538 g/mol. The van der Waals surface area contributed by atoms with E-state index in [1.54, 1.807) is 18.3 Å². The molecule has 2 aromatic heterocycles. The molecule has 6 heterocycles. The van der Waals surface area contributed by atoms with E-state index in [2.05, 4.69) is 25.5 Å². The Kier molecular flexibility index (Phi) is 6.46. The molecule has 8 nitrogen and oxygen atoms in total. The van der Waals surface area contributed by atoms with Crippen molar-refractivity contribution in [2.75, 3.05) is 57.4 Å². The number of ether oxygens (including phenoxy) is 2. The minimum Gasteiger partial charge on any atom is -0.463 e. The van der Waals surface area contributed by atoms with Gasteiger partial charge in [-0.15, -0.1) is 0 Å². The topological polar surface area (TPSA) is 84.4 Å². The number of aromatic nitrogens is 3. The Hall–Kier alpha value is -3.47. The van der Waals surface area contributed by atoms with Crippen LogP contribution in [0, 0.1) is 23.0 Å². The molecular formula is C32H34F2N6O2. The van der Waals surface area contributed by atoms with Crippen molar-refractivity contribution in [2.45, 2.75) is 31.8 Å². The molecule has 42 heavy (non-hydrogen) atoms. The maximum Gasteiger partial charge on any atom is 0.319 e. The molecule has 3 atom stereocenters. The smallest absolute Gasteiger partial charge is 0.319 e. The molecule has 5 aliphatic rings. The van der Waals surface area contributed by atoms with E-state index >= 15 is 8.78 Å². The van der Waals surface area contributed by atoms with Gasteiger partial charge in [0.05, 0.1) is 24.7 Å². The zero-order valence-electron chi connectivity index (χ0n) is 23.5. The summed E-state index contributed by atoms with van der Waals surface area (Å²) in [7, 11) is 0. The second-order valence-corrected chi connectivity index (χ2v) is 12.2. The highest BCUT2D eigenvalue weighted by atomic mass is 19.1. The third-order valence-electron chi connectivity index (χ3n) is 9.62. The molecule has 1 aliphatic carbocycles. The van der Waals surface area contributed by atoms with E-state index in [-0.39, 0.29) is 34.6 Å². The normalized spacial score (nSPS) is 25.6. The number of hydrogen-bond donors (Lipinski definition) is 2. The Morgan fingerprint density at radius 2 is 2.02 bits per heavy atom. The van der Waals surface area contributed by atoms with Gasteiger partial charge in [-0.1, -0.05) is 24.3 Å². The van der Waals surface area contributed by atoms with Crippen molar-refractivity contribution >= 4 is 27.5 Å². The first-order valence-corrected chi connectivity index (χ1v) is 15.1. The van der Waals surface area contributed by atoms with E-state index in [0.29, 0.717) is 79.4 Å². The zero-order valence-corrected chi connectivity index (χ0v) is 23.5. The largest absolute Gasteiger partial charge is 0.463 e. The van der Waals surface area contributed by atoms with Gasteiger partial charge in [0.25, 0.3) is 0 Å². The molecule has 4 aliphatic heterocycles. The van der Waals surface area contributed by atoms with Gasteiger partial charge in [0.1, 0.15) is 22.8 Å². The lowest BCUT2D eigenvalue weighted by molar-refractivity contribution is 0.0636. The van der Waals surface area contributed by atoms with E-state index in [1.807, 2.05) is 12.1 Å². The Bertz CT molecular complexity index is 1680. The van der Waals surface area contributed by atoms with Gasteiger partial charge in [0.2, 0.25) is 0 Å². The van der Waals surface area contributed by atoms with Gasteiger partial charge in [0, 0.05) is 43.4 Å². The lowest BCUT2D eigenvalue weighted by Crippen LogP contribution is -2.36. The van der Waals surface area contributed by atoms with Crippen LogP contribution in [0.15, 0.2) is 36.5 Å². The molecule has 2 saturated heterocycles. The Morgan fingerprint density at radius 1 is 1.10 bits per heavy atom. The predicted molar refractivity (Wildman–Crippen MR) is 157 cm³/mol. The van der Waals surface area contributed by atoms with Crippen molar-refractivity contribution in [2.24, 2.45) is 11.3 Å². The maximum absolute atomic E-state index is 16.7. The molecule has 2 aromatic carbocycles. The quantitative estimate of drug-likeness (QED) is 0.377. The van der Waals surface area contributed by atoms with E-state index in [9.17, 15) is 0 Å². The Morgan fingerprint density at radius 3 is 2.98 bits per heavy atom. The Balaban J connectivity index is 1.30. The van der Waals surface area contributed by atoms with Crippen molar-refractivity contribution in [1.29, 1.82) is 0 Å². The first-order chi connectivity index (χ1) is 20.6. The zero-order chi connectivity index (χ0) is 28.3. The fraction of sp³-hybridized carbons (Fsp3) is 0.469. The molecule has 6 bridgehead atoms. The first-order valence-electron chi connectivity index (χ1n) is 15.1. The van der Waals surface area contributed by atoms with Crippen LogP contribution < -0.4 is 20.3 Å². The summed E-state index contributed by atoms with van der Waals surface area (Å²) >= 11 is 0. The monoisotopic (exact) mass is 572 g/mol. The van der Waals surface area contributed by atoms with Crippen molar-refractivity contribution in [3.8, 4) is 17.3 Å². The van der Waals surface area contributed by atoms with E-state index in [4.69, 9.17) is 14.5 Å². The van der Waals surface area contributed by atoms with Gasteiger partial charge in [-0.3, -0.25) is 4.98 Å². The summed E-state index contributed by atoms with van der Waals surface area (Å²) in [5, 5.41) is 8.95. The highest BCUT2D eigenvalue weighted by Crippen LogP contribution is 2.56. The minimum atomic E-state index is -0.553. The predicted octanol–water partition coefficient (Wildman–Crippen LogP) is 4.24. The van der Waals surface area contributed by atoms with Crippen LogP contribution in [0.3, 0.4) is 0 Å². The van der Waals surface area contributed by atoms with Crippen LogP contribution in [0.1, 0.15) is 24.8 Å². The molecule has 2 N–H and O–H groups in total. The molecule has 0 radical (unpaired) electrons. The molecule has 9 rings (SSSR count). The fourth-order valence-corrected chi connectivity index (χ4v) is 7.22. The third-order valence-corrected chi connectivity index (χ3v) is 9.62. The number of hydrogen-bond acceptors (Lipinski definition) is 8. The van der Waals surface area contributed by atoms with E-state index in [1.165, 1.54) is 6.07 Å². The molecule has 1 saturated carbocycles. The highest BCUT2D eigenvalue weighted by Gasteiger charge is 2.54. The fourth-order valence-electron chi connectivity index (χ4n) is 7.22. The average molecular weight is 573 g/mol. The second-order valence-electron chi connectivity index (χ2n) is 12.2. The summed E-state index contributed by atoms with van der Waals surface area (Å²) in [5.74, 6) is 0.301. The standard InChI is InChI=1S/C32H34F2N6O2/c33-25-6-5-19-3-1-4-23-26(19)22(25)7-12-41-21-15-36-10-11-40(17-21)30-24-16-37-28(23)27(34)29(24)38-31(39-30)42-18-32-8-2-9-35-14-20(32)13-32/h1,3-6,16,20-21,35-36H,2,7-15,17-18H2. The van der Waals surface area contributed by atoms with E-state index < -0.39 is 5.82 Å². The maximum atomic E-state index is 16.7. The number of nitrogens with one attached hydrogen (secondary N) is 2. The molecule has 3 unspecified atom stereocenters. The molecule has 10 heteroatoms.